The van der Waals surface area contributed by atoms with Crippen LogP contribution >= 0.6 is 12.4 Å². The molecule has 0 aromatic rings. The van der Waals surface area contributed by atoms with E-state index in [4.69, 9.17) is 5.14 Å². The number of nitrogens with two attached hydrogens (primary N) is 1. The van der Waals surface area contributed by atoms with Crippen LogP contribution in [0.4, 0.5) is 0 Å². The lowest BCUT2D eigenvalue weighted by molar-refractivity contribution is 0.583. The molecule has 3 nitrogen and oxygen atoms in total. The summed E-state index contributed by atoms with van der Waals surface area (Å²) in [6, 6.07) is 0. The van der Waals surface area contributed by atoms with Gasteiger partial charge in [0, 0.05) is 0 Å². The van der Waals surface area contributed by atoms with Crippen molar-refractivity contribution < 1.29 is 8.42 Å². The number of primary sulfonamides is 1. The van der Waals surface area contributed by atoms with Gasteiger partial charge in [-0.25, -0.2) is 13.6 Å². The fourth-order valence-corrected chi connectivity index (χ4v) is 0.697. The molecular weight excluding hydrogens is 162 g/mol. The summed E-state index contributed by atoms with van der Waals surface area (Å²) >= 11 is 0. The number of rotatable bonds is 2. The number of hydrogen-bond acceptors (Lipinski definition) is 2. The second kappa shape index (κ2) is 4.09. The van der Waals surface area contributed by atoms with Gasteiger partial charge in [0.05, 0.1) is 5.25 Å². The highest BCUT2D eigenvalue weighted by molar-refractivity contribution is 7.89. The first-order chi connectivity index (χ1) is 3.48. The molecule has 5 heteroatoms. The van der Waals surface area contributed by atoms with Crippen LogP contribution in [0.25, 0.3) is 0 Å². The van der Waals surface area contributed by atoms with Crippen molar-refractivity contribution in [1.82, 2.24) is 0 Å². The highest BCUT2D eigenvalue weighted by Gasteiger charge is 2.11. The molecule has 0 aliphatic rings. The molecule has 0 aromatic heterocycles. The minimum absolute atomic E-state index is 0. The van der Waals surface area contributed by atoms with Crippen LogP contribution in [0.3, 0.4) is 0 Å². The standard InChI is InChI=1S/C4H11NO2S.ClH/c1-3-4(2)8(5,6)7;/h4H,3H2,1-2H3,(H2,5,6,7);1H. The van der Waals surface area contributed by atoms with E-state index in [0.717, 1.165) is 0 Å². The number of halogens is 1. The van der Waals surface area contributed by atoms with Crippen LogP contribution in [-0.2, 0) is 10.0 Å². The zero-order valence-electron chi connectivity index (χ0n) is 5.49. The molecule has 0 heterocycles. The maximum absolute atomic E-state index is 10.3. The first-order valence-electron chi connectivity index (χ1n) is 2.50. The lowest BCUT2D eigenvalue weighted by Gasteiger charge is -2.01. The predicted molar refractivity (Wildman–Crippen MR) is 40.1 cm³/mol. The van der Waals surface area contributed by atoms with Gasteiger partial charge in [-0.2, -0.15) is 0 Å². The molecule has 0 aliphatic carbocycles. The maximum atomic E-state index is 10.3. The Morgan fingerprint density at radius 1 is 1.56 bits per heavy atom. The van der Waals surface area contributed by atoms with Crippen LogP contribution in [0.2, 0.25) is 0 Å². The molecule has 0 fully saturated rings. The summed E-state index contributed by atoms with van der Waals surface area (Å²) in [4.78, 5) is 0. The molecule has 0 aromatic carbocycles. The van der Waals surface area contributed by atoms with Crippen molar-refractivity contribution in [1.29, 1.82) is 0 Å². The monoisotopic (exact) mass is 173 g/mol. The Bertz CT molecular complexity index is 154. The number of hydrogen-bond donors (Lipinski definition) is 1. The minimum atomic E-state index is -3.25. The molecule has 2 N–H and O–H groups in total. The zero-order chi connectivity index (χ0) is 6.78. The molecule has 0 rings (SSSR count). The Labute approximate surface area is 62.1 Å². The Kier molecular flexibility index (Phi) is 5.42. The highest BCUT2D eigenvalue weighted by Crippen LogP contribution is 1.97. The summed E-state index contributed by atoms with van der Waals surface area (Å²) in [7, 11) is -3.25. The van der Waals surface area contributed by atoms with Crippen LogP contribution in [0.15, 0.2) is 0 Å². The van der Waals surface area contributed by atoms with Crippen LogP contribution in [-0.4, -0.2) is 13.7 Å². The fraction of sp³-hybridized carbons (Fsp3) is 1.00. The van der Waals surface area contributed by atoms with Crippen LogP contribution in [0.5, 0.6) is 0 Å². The molecule has 0 radical (unpaired) electrons. The third-order valence-corrected chi connectivity index (χ3v) is 2.59. The first kappa shape index (κ1) is 11.9. The van der Waals surface area contributed by atoms with E-state index in [0.29, 0.717) is 6.42 Å². The van der Waals surface area contributed by atoms with Crippen molar-refractivity contribution in [3.63, 3.8) is 0 Å². The van der Waals surface area contributed by atoms with Gasteiger partial charge in [0.1, 0.15) is 0 Å². The van der Waals surface area contributed by atoms with Crippen molar-refractivity contribution in [3.8, 4) is 0 Å². The lowest BCUT2D eigenvalue weighted by Crippen LogP contribution is -2.24. The van der Waals surface area contributed by atoms with E-state index >= 15 is 0 Å². The molecule has 0 saturated heterocycles. The molecular formula is C4H12ClNO2S. The fourth-order valence-electron chi connectivity index (χ4n) is 0.232. The molecule has 9 heavy (non-hydrogen) atoms. The minimum Gasteiger partial charge on any atom is -0.228 e. The lowest BCUT2D eigenvalue weighted by atomic mass is 10.4. The van der Waals surface area contributed by atoms with E-state index in [-0.39, 0.29) is 12.4 Å². The Morgan fingerprint density at radius 2 is 1.89 bits per heavy atom. The van der Waals surface area contributed by atoms with Gasteiger partial charge in [-0.05, 0) is 13.3 Å². The van der Waals surface area contributed by atoms with E-state index in [1.807, 2.05) is 0 Å². The summed E-state index contributed by atoms with van der Waals surface area (Å²) in [6.45, 7) is 3.38. The Balaban J connectivity index is 0. The molecule has 0 aliphatic heterocycles. The van der Waals surface area contributed by atoms with Gasteiger partial charge >= 0.3 is 0 Å². The van der Waals surface area contributed by atoms with E-state index in [1.54, 1.807) is 13.8 Å². The van der Waals surface area contributed by atoms with Crippen molar-refractivity contribution in [2.45, 2.75) is 25.5 Å². The maximum Gasteiger partial charge on any atom is 0.211 e. The van der Waals surface area contributed by atoms with E-state index in [1.165, 1.54) is 0 Å². The predicted octanol–water partition coefficient (Wildman–Crippen LogP) is 0.495. The van der Waals surface area contributed by atoms with Crippen molar-refractivity contribution >= 4 is 22.4 Å². The van der Waals surface area contributed by atoms with Gasteiger partial charge in [-0.1, -0.05) is 6.92 Å². The van der Waals surface area contributed by atoms with Crippen LogP contribution in [0.1, 0.15) is 20.3 Å². The molecule has 1 atom stereocenters. The second-order valence-electron chi connectivity index (χ2n) is 1.81. The molecule has 1 unspecified atom stereocenters. The van der Waals surface area contributed by atoms with Crippen molar-refractivity contribution in [2.75, 3.05) is 0 Å². The largest absolute Gasteiger partial charge is 0.228 e. The summed E-state index contributed by atoms with van der Waals surface area (Å²) in [5.74, 6) is 0. The average molecular weight is 174 g/mol. The molecule has 0 spiro atoms. The molecule has 0 bridgehead atoms. The van der Waals surface area contributed by atoms with Gasteiger partial charge < -0.3 is 0 Å². The molecule has 0 amide bonds. The van der Waals surface area contributed by atoms with Crippen molar-refractivity contribution in [3.05, 3.63) is 0 Å². The van der Waals surface area contributed by atoms with Gasteiger partial charge in [0.25, 0.3) is 0 Å². The second-order valence-corrected chi connectivity index (χ2v) is 3.79. The summed E-state index contributed by atoms with van der Waals surface area (Å²) in [5.41, 5.74) is 0. The van der Waals surface area contributed by atoms with Crippen LogP contribution < -0.4 is 5.14 Å². The Hall–Kier alpha value is 0.200. The van der Waals surface area contributed by atoms with E-state index < -0.39 is 15.3 Å². The van der Waals surface area contributed by atoms with E-state index in [2.05, 4.69) is 0 Å². The third kappa shape index (κ3) is 4.69. The van der Waals surface area contributed by atoms with Crippen molar-refractivity contribution in [2.24, 2.45) is 5.14 Å². The van der Waals surface area contributed by atoms with Gasteiger partial charge in [0.2, 0.25) is 10.0 Å². The SMILES string of the molecule is CCC(C)S(N)(=O)=O.Cl. The van der Waals surface area contributed by atoms with Crippen LogP contribution in [0, 0.1) is 0 Å². The smallest absolute Gasteiger partial charge is 0.211 e. The molecule has 0 saturated carbocycles. The summed E-state index contributed by atoms with van der Waals surface area (Å²) in [6.07, 6.45) is 0.582. The number of sulfonamides is 1. The van der Waals surface area contributed by atoms with Gasteiger partial charge in [-0.15, -0.1) is 12.4 Å². The average Bonchev–Trinajstić information content (AvgIpc) is 1.62. The highest BCUT2D eigenvalue weighted by atomic mass is 35.5. The quantitative estimate of drug-likeness (QED) is 0.661. The third-order valence-electron chi connectivity index (χ3n) is 1.14. The van der Waals surface area contributed by atoms with E-state index in [9.17, 15) is 8.42 Å². The van der Waals surface area contributed by atoms with Gasteiger partial charge in [-0.3, -0.25) is 0 Å². The zero-order valence-corrected chi connectivity index (χ0v) is 7.13. The normalized spacial score (nSPS) is 14.1. The summed E-state index contributed by atoms with van der Waals surface area (Å²) in [5, 5.41) is 4.36. The summed E-state index contributed by atoms with van der Waals surface area (Å²) < 4.78 is 20.7. The van der Waals surface area contributed by atoms with Gasteiger partial charge in [0.15, 0.2) is 0 Å². The Morgan fingerprint density at radius 3 is 1.89 bits per heavy atom. The topological polar surface area (TPSA) is 60.2 Å². The molecule has 58 valence electrons. The first-order valence-corrected chi connectivity index (χ1v) is 4.11.